The maximum Gasteiger partial charge on any atom is 0.127 e. The quantitative estimate of drug-likeness (QED) is 0.174. The molecule has 0 N–H and O–H groups in total. The summed E-state index contributed by atoms with van der Waals surface area (Å²) in [6, 6.07) is 46.8. The summed E-state index contributed by atoms with van der Waals surface area (Å²) < 4.78 is 13.8. The van der Waals surface area contributed by atoms with E-state index in [0.29, 0.717) is 6.61 Å². The third kappa shape index (κ3) is 5.40. The van der Waals surface area contributed by atoms with Gasteiger partial charge in [0, 0.05) is 70.4 Å². The standard InChI is InChI=1S/C55H40N2OS/c1-35-31-36(15-14-30-58-52-26-11-7-18-40(35)52)46-33-39(34-47-44-20-8-12-27-53(44)59-55(46)47)57-49-24-10-6-21-45(49)54-41(22-13-25-50(54)57)37-28-29-43-42-19-5-9-23-48(42)56(51(43)32-37)38-16-3-2-4-17-38/h2-4,6-9,11-18,20-23,25-29,31-34H,1,5,10,19,24,30H2/b15-14-,36-31+. The van der Waals surface area contributed by atoms with Crippen molar-refractivity contribution in [1.29, 1.82) is 0 Å². The molecule has 4 heteroatoms. The Morgan fingerprint density at radius 3 is 2.37 bits per heavy atom. The molecule has 4 heterocycles. The van der Waals surface area contributed by atoms with Crippen molar-refractivity contribution in [2.45, 2.75) is 25.7 Å². The van der Waals surface area contributed by atoms with Gasteiger partial charge in [-0.2, -0.15) is 0 Å². The Morgan fingerprint density at radius 2 is 1.42 bits per heavy atom. The van der Waals surface area contributed by atoms with Gasteiger partial charge in [-0.1, -0.05) is 110 Å². The van der Waals surface area contributed by atoms with Crippen LogP contribution in [0.15, 0.2) is 164 Å². The number of hydrogen-bond acceptors (Lipinski definition) is 2. The molecule has 0 saturated heterocycles. The van der Waals surface area contributed by atoms with E-state index in [1.807, 2.05) is 23.5 Å². The first kappa shape index (κ1) is 34.2. The van der Waals surface area contributed by atoms with Crippen LogP contribution in [0.5, 0.6) is 5.75 Å². The zero-order chi connectivity index (χ0) is 39.0. The summed E-state index contributed by atoms with van der Waals surface area (Å²) in [6.07, 6.45) is 20.1. The van der Waals surface area contributed by atoms with Crippen LogP contribution < -0.4 is 4.74 Å². The van der Waals surface area contributed by atoms with Crippen molar-refractivity contribution in [3.63, 3.8) is 0 Å². The van der Waals surface area contributed by atoms with Gasteiger partial charge in [-0.15, -0.1) is 11.3 Å². The van der Waals surface area contributed by atoms with E-state index in [1.165, 1.54) is 92.6 Å². The molecule has 0 unspecified atom stereocenters. The van der Waals surface area contributed by atoms with Crippen molar-refractivity contribution in [2.24, 2.45) is 0 Å². The zero-order valence-corrected chi connectivity index (χ0v) is 33.4. The molecule has 3 aliphatic rings. The minimum atomic E-state index is 0.489. The van der Waals surface area contributed by atoms with Crippen LogP contribution in [-0.2, 0) is 12.8 Å². The highest BCUT2D eigenvalue weighted by Gasteiger charge is 2.25. The van der Waals surface area contributed by atoms with E-state index in [-0.39, 0.29) is 0 Å². The molecular formula is C55H40N2OS. The second-order valence-corrected chi connectivity index (χ2v) is 16.9. The molecule has 1 aliphatic heterocycles. The number of nitrogens with zero attached hydrogens (tertiary/aromatic N) is 2. The summed E-state index contributed by atoms with van der Waals surface area (Å²) in [6.45, 7) is 5.05. The van der Waals surface area contributed by atoms with E-state index in [4.69, 9.17) is 4.74 Å². The lowest BCUT2D eigenvalue weighted by Gasteiger charge is -2.16. The largest absolute Gasteiger partial charge is 0.489 e. The fraction of sp³-hybridized carbons (Fsp3) is 0.0909. The van der Waals surface area contributed by atoms with Gasteiger partial charge in [0.2, 0.25) is 0 Å². The number of thiophene rings is 1. The Balaban J connectivity index is 1.10. The number of para-hydroxylation sites is 2. The van der Waals surface area contributed by atoms with Crippen LogP contribution in [0.2, 0.25) is 0 Å². The molecule has 3 nitrogen and oxygen atoms in total. The highest BCUT2D eigenvalue weighted by atomic mass is 32.1. The molecule has 3 aromatic heterocycles. The molecule has 0 atom stereocenters. The second kappa shape index (κ2) is 13.6. The number of allylic oxidation sites excluding steroid dienone is 6. The molecule has 59 heavy (non-hydrogen) atoms. The first-order valence-electron chi connectivity index (χ1n) is 20.7. The highest BCUT2D eigenvalue weighted by Crippen LogP contribution is 2.45. The Kier molecular flexibility index (Phi) is 7.89. The third-order valence-electron chi connectivity index (χ3n) is 12.5. The Hall–Kier alpha value is -6.88. The van der Waals surface area contributed by atoms with Crippen molar-refractivity contribution < 1.29 is 4.74 Å². The van der Waals surface area contributed by atoms with Crippen LogP contribution >= 0.6 is 11.3 Å². The minimum absolute atomic E-state index is 0.489. The first-order valence-corrected chi connectivity index (χ1v) is 21.5. The van der Waals surface area contributed by atoms with Crippen molar-refractivity contribution in [1.82, 2.24) is 9.13 Å². The lowest BCUT2D eigenvalue weighted by Crippen LogP contribution is -2.03. The molecule has 9 aromatic rings. The number of aromatic nitrogens is 2. The Morgan fingerprint density at radius 1 is 0.593 bits per heavy atom. The van der Waals surface area contributed by atoms with Crippen LogP contribution in [0, 0.1) is 0 Å². The van der Waals surface area contributed by atoms with Crippen molar-refractivity contribution in [3.8, 4) is 28.3 Å². The fourth-order valence-corrected chi connectivity index (χ4v) is 11.1. The van der Waals surface area contributed by atoms with Gasteiger partial charge in [0.1, 0.15) is 12.4 Å². The van der Waals surface area contributed by atoms with Crippen LogP contribution in [0.1, 0.15) is 46.5 Å². The lowest BCUT2D eigenvalue weighted by molar-refractivity contribution is 0.362. The summed E-state index contributed by atoms with van der Waals surface area (Å²) in [5.41, 5.74) is 17.1. The molecule has 0 radical (unpaired) electrons. The van der Waals surface area contributed by atoms with Crippen LogP contribution in [-0.4, -0.2) is 15.7 Å². The summed E-state index contributed by atoms with van der Waals surface area (Å²) in [7, 11) is 0. The summed E-state index contributed by atoms with van der Waals surface area (Å²) in [4.78, 5) is 0. The van der Waals surface area contributed by atoms with E-state index in [1.54, 1.807) is 0 Å². The molecule has 282 valence electrons. The predicted molar refractivity (Wildman–Crippen MR) is 251 cm³/mol. The summed E-state index contributed by atoms with van der Waals surface area (Å²) >= 11 is 1.87. The average Bonchev–Trinajstić information content (AvgIpc) is 3.96. The van der Waals surface area contributed by atoms with E-state index in [9.17, 15) is 0 Å². The molecule has 6 aromatic carbocycles. The highest BCUT2D eigenvalue weighted by molar-refractivity contribution is 7.26. The number of fused-ring (bicyclic) bond motifs is 10. The second-order valence-electron chi connectivity index (χ2n) is 15.8. The van der Waals surface area contributed by atoms with Gasteiger partial charge in [-0.05, 0) is 120 Å². The SMILES string of the molecule is C=C1/C=C(c2cc(-n3c4c(c5c(-c6ccc7c8c(n(-c9ccccc9)c7c6)C=CCC8)cccc53)C=CCC4)cc3c2sc2ccccc23)\C=C/COc2ccccc21. The van der Waals surface area contributed by atoms with E-state index in [0.717, 1.165) is 48.1 Å². The first-order chi connectivity index (χ1) is 29.2. The summed E-state index contributed by atoms with van der Waals surface area (Å²) in [5, 5.41) is 5.21. The molecule has 0 saturated carbocycles. The molecule has 2 aliphatic carbocycles. The predicted octanol–water partition coefficient (Wildman–Crippen LogP) is 14.6. The van der Waals surface area contributed by atoms with Crippen LogP contribution in [0.3, 0.4) is 0 Å². The van der Waals surface area contributed by atoms with Gasteiger partial charge in [0.05, 0.1) is 11.0 Å². The van der Waals surface area contributed by atoms with Crippen molar-refractivity contribution in [2.75, 3.05) is 6.61 Å². The zero-order valence-electron chi connectivity index (χ0n) is 32.6. The van der Waals surface area contributed by atoms with Gasteiger partial charge in [0.15, 0.2) is 0 Å². The molecule has 12 rings (SSSR count). The van der Waals surface area contributed by atoms with Gasteiger partial charge < -0.3 is 13.9 Å². The maximum atomic E-state index is 6.22. The van der Waals surface area contributed by atoms with Gasteiger partial charge in [-0.3, -0.25) is 0 Å². The smallest absolute Gasteiger partial charge is 0.127 e. The van der Waals surface area contributed by atoms with E-state index >= 15 is 0 Å². The number of ether oxygens (including phenoxy) is 1. The van der Waals surface area contributed by atoms with E-state index in [2.05, 4.69) is 174 Å². The van der Waals surface area contributed by atoms with Crippen LogP contribution in [0.25, 0.3) is 87.8 Å². The summed E-state index contributed by atoms with van der Waals surface area (Å²) in [5.74, 6) is 0.860. The number of hydrogen-bond donors (Lipinski definition) is 0. The van der Waals surface area contributed by atoms with Crippen molar-refractivity contribution in [3.05, 3.63) is 198 Å². The normalized spacial score (nSPS) is 16.3. The molecule has 0 fully saturated rings. The minimum Gasteiger partial charge on any atom is -0.489 e. The molecule has 0 spiro atoms. The monoisotopic (exact) mass is 776 g/mol. The molecular weight excluding hydrogens is 737 g/mol. The van der Waals surface area contributed by atoms with Crippen molar-refractivity contribution >= 4 is 76.6 Å². The number of rotatable bonds is 4. The van der Waals surface area contributed by atoms with Crippen LogP contribution in [0.4, 0.5) is 0 Å². The van der Waals surface area contributed by atoms with Gasteiger partial charge in [-0.25, -0.2) is 0 Å². The average molecular weight is 777 g/mol. The topological polar surface area (TPSA) is 19.1 Å². The Bertz CT molecular complexity index is 3340. The third-order valence-corrected chi connectivity index (χ3v) is 13.7. The lowest BCUT2D eigenvalue weighted by atomic mass is 9.94. The van der Waals surface area contributed by atoms with Gasteiger partial charge >= 0.3 is 0 Å². The fourth-order valence-electron chi connectivity index (χ4n) is 9.87. The molecule has 0 amide bonds. The van der Waals surface area contributed by atoms with Gasteiger partial charge in [0.25, 0.3) is 0 Å². The number of benzene rings is 6. The number of aryl methyl sites for hydroxylation is 1. The maximum absolute atomic E-state index is 6.22. The van der Waals surface area contributed by atoms with E-state index < -0.39 is 0 Å². The Labute approximate surface area is 347 Å². The molecule has 0 bridgehead atoms.